The summed E-state index contributed by atoms with van der Waals surface area (Å²) in [6, 6.07) is 13.5. The van der Waals surface area contributed by atoms with Crippen LogP contribution in [-0.4, -0.2) is 31.4 Å². The molecule has 1 amide bonds. The molecule has 0 radical (unpaired) electrons. The number of amides is 1. The fraction of sp³-hybridized carbons (Fsp3) is 0.267. The van der Waals surface area contributed by atoms with E-state index in [-0.39, 0.29) is 5.91 Å². The van der Waals surface area contributed by atoms with E-state index in [1.165, 1.54) is 0 Å². The Balaban J connectivity index is 1.90. The first-order valence-electron chi connectivity index (χ1n) is 6.19. The summed E-state index contributed by atoms with van der Waals surface area (Å²) in [4.78, 5) is 15.7. The monoisotopic (exact) mass is 258 g/mol. The summed E-state index contributed by atoms with van der Waals surface area (Å²) < 4.78 is 5.24. The number of benzene rings is 1. The second-order valence-corrected chi connectivity index (χ2v) is 4.52. The van der Waals surface area contributed by atoms with Gasteiger partial charge in [-0.1, -0.05) is 18.2 Å². The number of para-hydroxylation sites is 1. The first-order chi connectivity index (χ1) is 9.16. The zero-order valence-corrected chi connectivity index (χ0v) is 11.2. The number of furan rings is 1. The van der Waals surface area contributed by atoms with E-state index in [9.17, 15) is 4.79 Å². The molecule has 1 heterocycles. The van der Waals surface area contributed by atoms with E-state index in [0.29, 0.717) is 13.1 Å². The first-order valence-corrected chi connectivity index (χ1v) is 6.19. The zero-order valence-electron chi connectivity index (χ0n) is 11.2. The van der Waals surface area contributed by atoms with Gasteiger partial charge in [0.05, 0.1) is 19.4 Å². The van der Waals surface area contributed by atoms with E-state index in [4.69, 9.17) is 4.42 Å². The third kappa shape index (κ3) is 3.61. The first kappa shape index (κ1) is 13.2. The van der Waals surface area contributed by atoms with Gasteiger partial charge < -0.3 is 14.2 Å². The van der Waals surface area contributed by atoms with Crippen LogP contribution in [0.15, 0.2) is 53.1 Å². The van der Waals surface area contributed by atoms with Crippen molar-refractivity contribution in [3.8, 4) is 0 Å². The van der Waals surface area contributed by atoms with Gasteiger partial charge in [0.25, 0.3) is 0 Å². The van der Waals surface area contributed by atoms with Crippen molar-refractivity contribution < 1.29 is 9.21 Å². The van der Waals surface area contributed by atoms with Gasteiger partial charge >= 0.3 is 0 Å². The van der Waals surface area contributed by atoms with Gasteiger partial charge in [-0.15, -0.1) is 0 Å². The van der Waals surface area contributed by atoms with Crippen LogP contribution in [-0.2, 0) is 11.3 Å². The molecule has 0 unspecified atom stereocenters. The number of hydrogen-bond donors (Lipinski definition) is 0. The van der Waals surface area contributed by atoms with Gasteiger partial charge in [0, 0.05) is 19.8 Å². The Labute approximate surface area is 113 Å². The maximum Gasteiger partial charge on any atom is 0.242 e. The van der Waals surface area contributed by atoms with Gasteiger partial charge in [0.15, 0.2) is 0 Å². The Hall–Kier alpha value is -2.23. The Bertz CT molecular complexity index is 508. The van der Waals surface area contributed by atoms with Gasteiger partial charge in [0.1, 0.15) is 5.76 Å². The lowest BCUT2D eigenvalue weighted by Crippen LogP contribution is -2.36. The van der Waals surface area contributed by atoms with E-state index in [1.54, 1.807) is 18.2 Å². The second kappa shape index (κ2) is 6.09. The zero-order chi connectivity index (χ0) is 13.7. The molecule has 4 nitrogen and oxygen atoms in total. The number of anilines is 1. The molecule has 0 fully saturated rings. The molecule has 100 valence electrons. The lowest BCUT2D eigenvalue weighted by Gasteiger charge is -2.22. The van der Waals surface area contributed by atoms with Crippen molar-refractivity contribution in [3.05, 3.63) is 54.5 Å². The quantitative estimate of drug-likeness (QED) is 0.826. The highest BCUT2D eigenvalue weighted by atomic mass is 16.3. The third-order valence-corrected chi connectivity index (χ3v) is 2.97. The molecule has 4 heteroatoms. The van der Waals surface area contributed by atoms with Crippen LogP contribution < -0.4 is 4.90 Å². The van der Waals surface area contributed by atoms with Crippen molar-refractivity contribution in [3.63, 3.8) is 0 Å². The Morgan fingerprint density at radius 3 is 2.47 bits per heavy atom. The molecule has 1 aromatic heterocycles. The maximum atomic E-state index is 12.1. The second-order valence-electron chi connectivity index (χ2n) is 4.52. The van der Waals surface area contributed by atoms with Crippen molar-refractivity contribution in [2.45, 2.75) is 6.54 Å². The number of likely N-dealkylation sites (N-methyl/N-ethyl adjacent to an activating group) is 2. The van der Waals surface area contributed by atoms with E-state index in [2.05, 4.69) is 0 Å². The SMILES string of the molecule is CN(Cc1ccco1)C(=O)CN(C)c1ccccc1. The maximum absolute atomic E-state index is 12.1. The Morgan fingerprint density at radius 1 is 1.11 bits per heavy atom. The van der Waals surface area contributed by atoms with E-state index in [1.807, 2.05) is 54.4 Å². The molecule has 2 rings (SSSR count). The van der Waals surface area contributed by atoms with Crippen LogP contribution in [0, 0.1) is 0 Å². The fourth-order valence-electron chi connectivity index (χ4n) is 1.82. The molecule has 0 aliphatic carbocycles. The van der Waals surface area contributed by atoms with E-state index in [0.717, 1.165) is 11.4 Å². The summed E-state index contributed by atoms with van der Waals surface area (Å²) >= 11 is 0. The Morgan fingerprint density at radius 2 is 1.84 bits per heavy atom. The lowest BCUT2D eigenvalue weighted by molar-refractivity contribution is -0.129. The number of hydrogen-bond acceptors (Lipinski definition) is 3. The van der Waals surface area contributed by atoms with Gasteiger partial charge in [-0.25, -0.2) is 0 Å². The molecule has 0 N–H and O–H groups in total. The standard InChI is InChI=1S/C15H18N2O2/c1-16(13-7-4-3-5-8-13)12-15(18)17(2)11-14-9-6-10-19-14/h3-10H,11-12H2,1-2H3. The number of rotatable bonds is 5. The predicted octanol–water partition coefficient (Wildman–Crippen LogP) is 2.37. The predicted molar refractivity (Wildman–Crippen MR) is 74.9 cm³/mol. The molecule has 0 saturated heterocycles. The van der Waals surface area contributed by atoms with Crippen LogP contribution in [0.25, 0.3) is 0 Å². The molecule has 0 aliphatic heterocycles. The van der Waals surface area contributed by atoms with Gasteiger partial charge in [0.2, 0.25) is 5.91 Å². The highest BCUT2D eigenvalue weighted by Crippen LogP contribution is 2.11. The van der Waals surface area contributed by atoms with Crippen molar-refractivity contribution in [2.75, 3.05) is 25.5 Å². The number of carbonyl (C=O) groups excluding carboxylic acids is 1. The fourth-order valence-corrected chi connectivity index (χ4v) is 1.82. The van der Waals surface area contributed by atoms with E-state index >= 15 is 0 Å². The van der Waals surface area contributed by atoms with Gasteiger partial charge in [-0.3, -0.25) is 4.79 Å². The average molecular weight is 258 g/mol. The summed E-state index contributed by atoms with van der Waals surface area (Å²) in [6.45, 7) is 0.843. The summed E-state index contributed by atoms with van der Waals surface area (Å²) in [5.41, 5.74) is 1.03. The highest BCUT2D eigenvalue weighted by Gasteiger charge is 2.13. The van der Waals surface area contributed by atoms with Crippen LogP contribution in [0.5, 0.6) is 0 Å². The number of nitrogens with zero attached hydrogens (tertiary/aromatic N) is 2. The summed E-state index contributed by atoms with van der Waals surface area (Å²) in [6.07, 6.45) is 1.61. The van der Waals surface area contributed by atoms with Crippen LogP contribution in [0.2, 0.25) is 0 Å². The topological polar surface area (TPSA) is 36.7 Å². The van der Waals surface area contributed by atoms with Crippen molar-refractivity contribution in [1.82, 2.24) is 4.90 Å². The van der Waals surface area contributed by atoms with Crippen LogP contribution >= 0.6 is 0 Å². The molecular weight excluding hydrogens is 240 g/mol. The summed E-state index contributed by atoms with van der Waals surface area (Å²) in [7, 11) is 3.69. The molecule has 0 atom stereocenters. The lowest BCUT2D eigenvalue weighted by atomic mass is 10.3. The highest BCUT2D eigenvalue weighted by molar-refractivity contribution is 5.81. The third-order valence-electron chi connectivity index (χ3n) is 2.97. The molecule has 19 heavy (non-hydrogen) atoms. The molecule has 0 spiro atoms. The molecule has 0 aliphatic rings. The molecule has 1 aromatic carbocycles. The van der Waals surface area contributed by atoms with Crippen LogP contribution in [0.4, 0.5) is 5.69 Å². The van der Waals surface area contributed by atoms with Crippen molar-refractivity contribution in [1.29, 1.82) is 0 Å². The summed E-state index contributed by atoms with van der Waals surface area (Å²) in [5, 5.41) is 0. The Kier molecular flexibility index (Phi) is 4.23. The average Bonchev–Trinajstić information content (AvgIpc) is 2.92. The largest absolute Gasteiger partial charge is 0.467 e. The van der Waals surface area contributed by atoms with Crippen LogP contribution in [0.1, 0.15) is 5.76 Å². The molecule has 0 saturated carbocycles. The minimum atomic E-state index is 0.0581. The molecule has 2 aromatic rings. The minimum absolute atomic E-state index is 0.0581. The van der Waals surface area contributed by atoms with E-state index < -0.39 is 0 Å². The summed E-state index contributed by atoms with van der Waals surface area (Å²) in [5.74, 6) is 0.848. The molecular formula is C15H18N2O2. The van der Waals surface area contributed by atoms with Crippen molar-refractivity contribution >= 4 is 11.6 Å². The van der Waals surface area contributed by atoms with Crippen molar-refractivity contribution in [2.24, 2.45) is 0 Å². The molecule has 0 bridgehead atoms. The normalized spacial score (nSPS) is 10.2. The minimum Gasteiger partial charge on any atom is -0.467 e. The van der Waals surface area contributed by atoms with Gasteiger partial charge in [-0.05, 0) is 24.3 Å². The number of carbonyl (C=O) groups is 1. The van der Waals surface area contributed by atoms with Crippen LogP contribution in [0.3, 0.4) is 0 Å². The smallest absolute Gasteiger partial charge is 0.242 e. The van der Waals surface area contributed by atoms with Gasteiger partial charge in [-0.2, -0.15) is 0 Å².